The Labute approximate surface area is 194 Å². The average molecular weight is 440 g/mol. The van der Waals surface area contributed by atoms with Gasteiger partial charge in [-0.3, -0.25) is 9.59 Å². The number of rotatable bonds is 5. The first-order chi connectivity index (χ1) is 16.0. The third-order valence-corrected chi connectivity index (χ3v) is 6.98. The van der Waals surface area contributed by atoms with Crippen LogP contribution in [-0.4, -0.2) is 11.8 Å². The smallest absolute Gasteiger partial charge is 0.251 e. The van der Waals surface area contributed by atoms with E-state index in [9.17, 15) is 9.59 Å². The van der Waals surface area contributed by atoms with E-state index in [4.69, 9.17) is 5.73 Å². The molecule has 5 nitrogen and oxygen atoms in total. The first kappa shape index (κ1) is 21.4. The van der Waals surface area contributed by atoms with E-state index in [1.54, 1.807) is 6.07 Å². The maximum absolute atomic E-state index is 13.5. The van der Waals surface area contributed by atoms with E-state index in [0.29, 0.717) is 12.0 Å². The molecular formula is C28H29N3O2. The quantitative estimate of drug-likeness (QED) is 0.558. The van der Waals surface area contributed by atoms with Gasteiger partial charge in [-0.25, -0.2) is 0 Å². The molecular weight excluding hydrogens is 410 g/mol. The molecule has 0 fully saturated rings. The normalized spacial score (nSPS) is 21.7. The van der Waals surface area contributed by atoms with Crippen molar-refractivity contribution >= 4 is 11.8 Å². The molecule has 0 aliphatic heterocycles. The zero-order valence-electron chi connectivity index (χ0n) is 18.8. The molecule has 0 saturated carbocycles. The van der Waals surface area contributed by atoms with Crippen LogP contribution >= 0.6 is 0 Å². The third kappa shape index (κ3) is 4.16. The molecule has 168 valence electrons. The van der Waals surface area contributed by atoms with Crippen molar-refractivity contribution in [3.63, 3.8) is 0 Å². The lowest BCUT2D eigenvalue weighted by Crippen LogP contribution is -2.40. The summed E-state index contributed by atoms with van der Waals surface area (Å²) in [6.45, 7) is 1.89. The molecule has 0 bridgehead atoms. The maximum atomic E-state index is 13.5. The van der Waals surface area contributed by atoms with Gasteiger partial charge >= 0.3 is 0 Å². The van der Waals surface area contributed by atoms with Gasteiger partial charge in [-0.15, -0.1) is 0 Å². The van der Waals surface area contributed by atoms with Crippen molar-refractivity contribution in [2.45, 2.75) is 44.3 Å². The Morgan fingerprint density at radius 3 is 2.42 bits per heavy atom. The lowest BCUT2D eigenvalue weighted by atomic mass is 9.97. The van der Waals surface area contributed by atoms with Crippen LogP contribution in [0.3, 0.4) is 0 Å². The monoisotopic (exact) mass is 439 g/mol. The van der Waals surface area contributed by atoms with E-state index in [1.165, 1.54) is 11.1 Å². The standard InChI is InChI=1S/C28H29N3O2/c1-17(29)19-9-6-10-21(15-19)27(32)31-26-23-12-5-3-8-20(23)16-24(26)28(33)30-25-14-13-18-7-2-4-11-22(18)25/h2-12,15,17,24-26H,13-14,16,29H2,1H3,(H,30,33)(H,31,32)/t17?,24-,25-,26+/m1/s1. The van der Waals surface area contributed by atoms with Crippen molar-refractivity contribution in [1.29, 1.82) is 0 Å². The van der Waals surface area contributed by atoms with Crippen LogP contribution in [0.4, 0.5) is 0 Å². The van der Waals surface area contributed by atoms with E-state index < -0.39 is 0 Å². The molecule has 2 aliphatic rings. The van der Waals surface area contributed by atoms with Crippen LogP contribution in [-0.2, 0) is 17.6 Å². The molecule has 5 heteroatoms. The topological polar surface area (TPSA) is 84.2 Å². The van der Waals surface area contributed by atoms with E-state index in [1.807, 2.05) is 61.5 Å². The molecule has 0 aromatic heterocycles. The number of benzene rings is 3. The van der Waals surface area contributed by atoms with E-state index in [2.05, 4.69) is 22.8 Å². The fraction of sp³-hybridized carbons (Fsp3) is 0.286. The zero-order chi connectivity index (χ0) is 22.9. The van der Waals surface area contributed by atoms with Crippen molar-refractivity contribution in [2.24, 2.45) is 11.7 Å². The van der Waals surface area contributed by atoms with Gasteiger partial charge in [0, 0.05) is 11.6 Å². The van der Waals surface area contributed by atoms with Gasteiger partial charge in [0.15, 0.2) is 0 Å². The molecule has 3 aromatic carbocycles. The molecule has 4 N–H and O–H groups in total. The molecule has 0 spiro atoms. The molecule has 33 heavy (non-hydrogen) atoms. The van der Waals surface area contributed by atoms with Crippen molar-refractivity contribution in [3.05, 3.63) is 106 Å². The second-order valence-corrected chi connectivity index (χ2v) is 9.17. The minimum Gasteiger partial charge on any atom is -0.349 e. The Balaban J connectivity index is 1.38. The first-order valence-electron chi connectivity index (χ1n) is 11.6. The van der Waals surface area contributed by atoms with E-state index >= 15 is 0 Å². The number of carbonyl (C=O) groups is 2. The number of hydrogen-bond donors (Lipinski definition) is 3. The minimum atomic E-state index is -0.371. The molecule has 0 heterocycles. The summed E-state index contributed by atoms with van der Waals surface area (Å²) in [6, 6.07) is 23.2. The Kier molecular flexibility index (Phi) is 5.73. The summed E-state index contributed by atoms with van der Waals surface area (Å²) in [6.07, 6.45) is 2.50. The second-order valence-electron chi connectivity index (χ2n) is 9.17. The molecule has 3 aromatic rings. The molecule has 0 saturated heterocycles. The van der Waals surface area contributed by atoms with Crippen LogP contribution in [0.2, 0.25) is 0 Å². The van der Waals surface area contributed by atoms with Gasteiger partial charge in [-0.2, -0.15) is 0 Å². The van der Waals surface area contributed by atoms with E-state index in [0.717, 1.165) is 29.5 Å². The number of nitrogens with one attached hydrogen (secondary N) is 2. The number of amides is 2. The van der Waals surface area contributed by atoms with Gasteiger partial charge in [-0.1, -0.05) is 60.7 Å². The summed E-state index contributed by atoms with van der Waals surface area (Å²) in [4.78, 5) is 26.7. The van der Waals surface area contributed by atoms with Crippen LogP contribution < -0.4 is 16.4 Å². The Morgan fingerprint density at radius 2 is 1.64 bits per heavy atom. The van der Waals surface area contributed by atoms with Gasteiger partial charge in [0.2, 0.25) is 5.91 Å². The van der Waals surface area contributed by atoms with Crippen LogP contribution in [0.25, 0.3) is 0 Å². The van der Waals surface area contributed by atoms with Crippen LogP contribution in [0.1, 0.15) is 69.6 Å². The average Bonchev–Trinajstić information content (AvgIpc) is 3.41. The molecule has 5 rings (SSSR count). The molecule has 0 radical (unpaired) electrons. The Hall–Kier alpha value is -3.44. The van der Waals surface area contributed by atoms with Crippen molar-refractivity contribution in [2.75, 3.05) is 0 Å². The summed E-state index contributed by atoms with van der Waals surface area (Å²) in [5, 5.41) is 6.42. The fourth-order valence-electron chi connectivity index (χ4n) is 5.19. The number of fused-ring (bicyclic) bond motifs is 2. The SMILES string of the molecule is CC(N)c1cccc(C(=O)N[C@H]2c3ccccc3C[C@H]2C(=O)N[C@@H]2CCc3ccccc32)c1. The molecule has 2 amide bonds. The summed E-state index contributed by atoms with van der Waals surface area (Å²) in [7, 11) is 0. The fourth-order valence-corrected chi connectivity index (χ4v) is 5.19. The lowest BCUT2D eigenvalue weighted by molar-refractivity contribution is -0.126. The summed E-state index contributed by atoms with van der Waals surface area (Å²) < 4.78 is 0. The van der Waals surface area contributed by atoms with Gasteiger partial charge < -0.3 is 16.4 Å². The minimum absolute atomic E-state index is 0.0115. The third-order valence-electron chi connectivity index (χ3n) is 6.98. The predicted octanol–water partition coefficient (Wildman–Crippen LogP) is 4.15. The van der Waals surface area contributed by atoms with Crippen LogP contribution in [0, 0.1) is 5.92 Å². The number of carbonyl (C=O) groups excluding carboxylic acids is 2. The number of nitrogens with two attached hydrogens (primary N) is 1. The zero-order valence-corrected chi connectivity index (χ0v) is 18.8. The number of aryl methyl sites for hydroxylation is 1. The predicted molar refractivity (Wildman–Crippen MR) is 129 cm³/mol. The maximum Gasteiger partial charge on any atom is 0.251 e. The van der Waals surface area contributed by atoms with E-state index in [-0.39, 0.29) is 35.9 Å². The largest absolute Gasteiger partial charge is 0.349 e. The van der Waals surface area contributed by atoms with Gasteiger partial charge in [0.25, 0.3) is 5.91 Å². The lowest BCUT2D eigenvalue weighted by Gasteiger charge is -2.24. The molecule has 4 atom stereocenters. The van der Waals surface area contributed by atoms with Crippen molar-refractivity contribution in [1.82, 2.24) is 10.6 Å². The van der Waals surface area contributed by atoms with Crippen LogP contribution in [0.5, 0.6) is 0 Å². The van der Waals surface area contributed by atoms with Crippen molar-refractivity contribution in [3.8, 4) is 0 Å². The molecule has 1 unspecified atom stereocenters. The Bertz CT molecular complexity index is 1200. The summed E-state index contributed by atoms with van der Waals surface area (Å²) in [5.41, 5.74) is 12.1. The highest BCUT2D eigenvalue weighted by molar-refractivity contribution is 5.95. The summed E-state index contributed by atoms with van der Waals surface area (Å²) >= 11 is 0. The Morgan fingerprint density at radius 1 is 0.909 bits per heavy atom. The summed E-state index contributed by atoms with van der Waals surface area (Å²) in [5.74, 6) is -0.554. The van der Waals surface area contributed by atoms with Gasteiger partial charge in [0.05, 0.1) is 18.0 Å². The van der Waals surface area contributed by atoms with Crippen molar-refractivity contribution < 1.29 is 9.59 Å². The second kappa shape index (κ2) is 8.83. The number of hydrogen-bond acceptors (Lipinski definition) is 3. The first-order valence-corrected chi connectivity index (χ1v) is 11.6. The van der Waals surface area contributed by atoms with Gasteiger partial charge in [0.1, 0.15) is 0 Å². The van der Waals surface area contributed by atoms with Gasteiger partial charge in [-0.05, 0) is 66.1 Å². The highest BCUT2D eigenvalue weighted by Crippen LogP contribution is 2.38. The van der Waals surface area contributed by atoms with Crippen LogP contribution in [0.15, 0.2) is 72.8 Å². The molecule has 2 aliphatic carbocycles. The highest BCUT2D eigenvalue weighted by atomic mass is 16.2. The highest BCUT2D eigenvalue weighted by Gasteiger charge is 2.39.